The summed E-state index contributed by atoms with van der Waals surface area (Å²) >= 11 is 0. The van der Waals surface area contributed by atoms with Gasteiger partial charge in [0, 0.05) is 12.8 Å². The van der Waals surface area contributed by atoms with E-state index in [0.29, 0.717) is 0 Å². The van der Waals surface area contributed by atoms with Crippen LogP contribution in [0.25, 0.3) is 0 Å². The van der Waals surface area contributed by atoms with Crippen LogP contribution in [0, 0.1) is 0 Å². The molecule has 1 aromatic rings. The summed E-state index contributed by atoms with van der Waals surface area (Å²) in [5, 5.41) is 8.83. The Hall–Kier alpha value is -1.60. The number of hydrogen-bond acceptors (Lipinski definition) is 5. The molecule has 0 aliphatic heterocycles. The zero-order valence-electron chi connectivity index (χ0n) is 9.21. The van der Waals surface area contributed by atoms with Gasteiger partial charge in [-0.05, 0) is 18.2 Å². The van der Waals surface area contributed by atoms with Gasteiger partial charge in [0.05, 0.1) is 22.8 Å². The summed E-state index contributed by atoms with van der Waals surface area (Å²) in [7, 11) is -2.15. The standard InChI is InChI=1S/C10H13NO5S/c1-16-4-5-17(14,15)7-2-3-9(11)8(6-7)10(12)13/h2-3,6H,4-5,11H2,1H3,(H,12,13). The molecule has 3 N–H and O–H groups in total. The molecule has 0 fully saturated rings. The number of nitrogen functional groups attached to an aromatic ring is 1. The highest BCUT2D eigenvalue weighted by molar-refractivity contribution is 7.91. The molecule has 0 atom stereocenters. The van der Waals surface area contributed by atoms with Crippen molar-refractivity contribution in [3.05, 3.63) is 23.8 Å². The minimum Gasteiger partial charge on any atom is -0.478 e. The van der Waals surface area contributed by atoms with Crippen LogP contribution in [0.3, 0.4) is 0 Å². The van der Waals surface area contributed by atoms with Crippen LogP contribution in [-0.4, -0.2) is 39.0 Å². The van der Waals surface area contributed by atoms with Gasteiger partial charge in [0.2, 0.25) is 0 Å². The molecule has 94 valence electrons. The number of carboxylic acids is 1. The second-order valence-corrected chi connectivity index (χ2v) is 5.48. The fraction of sp³-hybridized carbons (Fsp3) is 0.300. The Labute approximate surface area is 98.9 Å². The fourth-order valence-electron chi connectivity index (χ4n) is 1.22. The summed E-state index contributed by atoms with van der Waals surface area (Å²) in [5.41, 5.74) is 5.25. The number of rotatable bonds is 5. The van der Waals surface area contributed by atoms with E-state index in [1.54, 1.807) is 0 Å². The van der Waals surface area contributed by atoms with Crippen LogP contribution < -0.4 is 5.73 Å². The lowest BCUT2D eigenvalue weighted by Gasteiger charge is -2.06. The fourth-order valence-corrected chi connectivity index (χ4v) is 2.42. The predicted molar refractivity (Wildman–Crippen MR) is 61.7 cm³/mol. The Morgan fingerprint density at radius 1 is 1.47 bits per heavy atom. The summed E-state index contributed by atoms with van der Waals surface area (Å²) in [6.07, 6.45) is 0. The van der Waals surface area contributed by atoms with Gasteiger partial charge >= 0.3 is 5.97 Å². The summed E-state index contributed by atoms with van der Waals surface area (Å²) in [6.45, 7) is 0.0507. The number of anilines is 1. The monoisotopic (exact) mass is 259 g/mol. The van der Waals surface area contributed by atoms with Crippen LogP contribution in [-0.2, 0) is 14.6 Å². The maximum absolute atomic E-state index is 11.8. The smallest absolute Gasteiger partial charge is 0.337 e. The number of aromatic carboxylic acids is 1. The summed E-state index contributed by atoms with van der Waals surface area (Å²) < 4.78 is 28.2. The highest BCUT2D eigenvalue weighted by Gasteiger charge is 2.17. The molecule has 0 spiro atoms. The van der Waals surface area contributed by atoms with Crippen molar-refractivity contribution in [2.45, 2.75) is 4.90 Å². The first kappa shape index (κ1) is 13.5. The van der Waals surface area contributed by atoms with Gasteiger partial charge in [-0.1, -0.05) is 0 Å². The third-order valence-electron chi connectivity index (χ3n) is 2.17. The first-order chi connectivity index (χ1) is 7.88. The van der Waals surface area contributed by atoms with Gasteiger partial charge in [-0.15, -0.1) is 0 Å². The van der Waals surface area contributed by atoms with E-state index in [0.717, 1.165) is 6.07 Å². The van der Waals surface area contributed by atoms with E-state index < -0.39 is 15.8 Å². The van der Waals surface area contributed by atoms with Gasteiger partial charge < -0.3 is 15.6 Å². The molecule has 0 aliphatic rings. The summed E-state index contributed by atoms with van der Waals surface area (Å²) in [6, 6.07) is 3.61. The van der Waals surface area contributed by atoms with Crippen LogP contribution >= 0.6 is 0 Å². The number of hydrogen-bond donors (Lipinski definition) is 2. The van der Waals surface area contributed by atoms with Crippen molar-refractivity contribution in [2.75, 3.05) is 25.2 Å². The van der Waals surface area contributed by atoms with E-state index in [1.807, 2.05) is 0 Å². The van der Waals surface area contributed by atoms with Gasteiger partial charge in [-0.25, -0.2) is 13.2 Å². The molecule has 0 saturated carbocycles. The maximum Gasteiger partial charge on any atom is 0.337 e. The molecule has 0 aliphatic carbocycles. The van der Waals surface area contributed by atoms with Crippen molar-refractivity contribution >= 4 is 21.5 Å². The third kappa shape index (κ3) is 3.18. The molecule has 0 unspecified atom stereocenters. The lowest BCUT2D eigenvalue weighted by atomic mass is 10.2. The number of carboxylic acid groups (broad SMARTS) is 1. The molecule has 17 heavy (non-hydrogen) atoms. The molecule has 7 heteroatoms. The van der Waals surface area contributed by atoms with E-state index >= 15 is 0 Å². The molecule has 0 amide bonds. The lowest BCUT2D eigenvalue weighted by molar-refractivity contribution is 0.0698. The van der Waals surface area contributed by atoms with Gasteiger partial charge in [0.25, 0.3) is 0 Å². The molecule has 0 bridgehead atoms. The molecule has 0 heterocycles. The van der Waals surface area contributed by atoms with Crippen LogP contribution in [0.4, 0.5) is 5.69 Å². The van der Waals surface area contributed by atoms with Gasteiger partial charge in [-0.2, -0.15) is 0 Å². The van der Waals surface area contributed by atoms with E-state index in [-0.39, 0.29) is 28.5 Å². The average Bonchev–Trinajstić information content (AvgIpc) is 2.26. The minimum atomic E-state index is -3.54. The largest absolute Gasteiger partial charge is 0.478 e. The lowest BCUT2D eigenvalue weighted by Crippen LogP contribution is -2.13. The van der Waals surface area contributed by atoms with Crippen LogP contribution in [0.2, 0.25) is 0 Å². The Morgan fingerprint density at radius 2 is 2.12 bits per heavy atom. The number of ether oxygens (including phenoxy) is 1. The molecular formula is C10H13NO5S. The average molecular weight is 259 g/mol. The number of sulfone groups is 1. The van der Waals surface area contributed by atoms with Gasteiger partial charge in [0.1, 0.15) is 0 Å². The number of benzene rings is 1. The second kappa shape index (κ2) is 5.15. The van der Waals surface area contributed by atoms with E-state index in [2.05, 4.69) is 4.74 Å². The first-order valence-electron chi connectivity index (χ1n) is 4.73. The topological polar surface area (TPSA) is 107 Å². The summed E-state index contributed by atoms with van der Waals surface area (Å²) in [4.78, 5) is 10.7. The zero-order chi connectivity index (χ0) is 13.1. The molecular weight excluding hydrogens is 246 g/mol. The van der Waals surface area contributed by atoms with E-state index in [1.165, 1.54) is 19.2 Å². The normalized spacial score (nSPS) is 11.4. The molecule has 0 radical (unpaired) electrons. The third-order valence-corrected chi connectivity index (χ3v) is 3.85. The van der Waals surface area contributed by atoms with Crippen LogP contribution in [0.15, 0.2) is 23.1 Å². The van der Waals surface area contributed by atoms with Gasteiger partial charge in [-0.3, -0.25) is 0 Å². The van der Waals surface area contributed by atoms with Crippen molar-refractivity contribution in [3.63, 3.8) is 0 Å². The number of nitrogens with two attached hydrogens (primary N) is 1. The van der Waals surface area contributed by atoms with Crippen molar-refractivity contribution in [2.24, 2.45) is 0 Å². The highest BCUT2D eigenvalue weighted by Crippen LogP contribution is 2.19. The number of carbonyl (C=O) groups is 1. The van der Waals surface area contributed by atoms with Crippen molar-refractivity contribution in [1.29, 1.82) is 0 Å². The Morgan fingerprint density at radius 3 is 2.65 bits per heavy atom. The zero-order valence-corrected chi connectivity index (χ0v) is 10.0. The molecule has 6 nitrogen and oxygen atoms in total. The Kier molecular flexibility index (Phi) is 4.08. The minimum absolute atomic E-state index is 0.0307. The van der Waals surface area contributed by atoms with Crippen LogP contribution in [0.1, 0.15) is 10.4 Å². The van der Waals surface area contributed by atoms with E-state index in [9.17, 15) is 13.2 Å². The molecule has 0 aromatic heterocycles. The van der Waals surface area contributed by atoms with E-state index in [4.69, 9.17) is 10.8 Å². The Bertz CT molecular complexity index is 523. The van der Waals surface area contributed by atoms with Crippen molar-refractivity contribution < 1.29 is 23.1 Å². The molecule has 1 rings (SSSR count). The number of methoxy groups -OCH3 is 1. The quantitative estimate of drug-likeness (QED) is 0.741. The Balaban J connectivity index is 3.16. The van der Waals surface area contributed by atoms with Crippen LogP contribution in [0.5, 0.6) is 0 Å². The second-order valence-electron chi connectivity index (χ2n) is 3.37. The van der Waals surface area contributed by atoms with Crippen molar-refractivity contribution in [1.82, 2.24) is 0 Å². The maximum atomic E-state index is 11.8. The summed E-state index contributed by atoms with van der Waals surface area (Å²) in [5.74, 6) is -1.46. The predicted octanol–water partition coefficient (Wildman–Crippen LogP) is 0.387. The molecule has 1 aromatic carbocycles. The highest BCUT2D eigenvalue weighted by atomic mass is 32.2. The molecule has 0 saturated heterocycles. The SMILES string of the molecule is COCCS(=O)(=O)c1ccc(N)c(C(=O)O)c1. The van der Waals surface area contributed by atoms with Crippen molar-refractivity contribution in [3.8, 4) is 0 Å². The first-order valence-corrected chi connectivity index (χ1v) is 6.38. The van der Waals surface area contributed by atoms with Gasteiger partial charge in [0.15, 0.2) is 9.84 Å².